The number of hydrogen-bond acceptors (Lipinski definition) is 3. The third-order valence-electron chi connectivity index (χ3n) is 1.20. The number of nitrogens with zero attached hydrogens (tertiary/aromatic N) is 1. The van der Waals surface area contributed by atoms with E-state index in [1.54, 1.807) is 0 Å². The fraction of sp³-hybridized carbons (Fsp3) is 0.143. The van der Waals surface area contributed by atoms with Crippen molar-refractivity contribution < 1.29 is 9.53 Å². The van der Waals surface area contributed by atoms with Crippen molar-refractivity contribution in [3.05, 3.63) is 22.8 Å². The number of halogens is 1. The summed E-state index contributed by atoms with van der Waals surface area (Å²) in [5.74, 6) is -0.552. The number of hydrogen-bond donors (Lipinski definition) is 0. The van der Waals surface area contributed by atoms with Gasteiger partial charge < -0.3 is 4.74 Å². The van der Waals surface area contributed by atoms with Crippen molar-refractivity contribution >= 4 is 31.0 Å². The summed E-state index contributed by atoms with van der Waals surface area (Å²) >= 11 is 5.62. The maximum Gasteiger partial charge on any atom is 0.356 e. The molecule has 2 radical (unpaired) electrons. The molecule has 1 aromatic rings. The second-order valence-corrected chi connectivity index (χ2v) is 2.52. The SMILES string of the molecule is [B]c1cc(Cl)cc(C(=O)OC)n1. The molecule has 0 atom stereocenters. The van der Waals surface area contributed by atoms with Crippen LogP contribution in [0.5, 0.6) is 0 Å². The quantitative estimate of drug-likeness (QED) is 0.462. The van der Waals surface area contributed by atoms with Crippen molar-refractivity contribution in [2.45, 2.75) is 0 Å². The topological polar surface area (TPSA) is 39.2 Å². The summed E-state index contributed by atoms with van der Waals surface area (Å²) in [6.45, 7) is 0. The Kier molecular flexibility index (Phi) is 2.71. The van der Waals surface area contributed by atoms with Gasteiger partial charge in [0, 0.05) is 5.02 Å². The van der Waals surface area contributed by atoms with Crippen LogP contribution in [0.3, 0.4) is 0 Å². The lowest BCUT2D eigenvalue weighted by Gasteiger charge is -2.00. The predicted octanol–water partition coefficient (Wildman–Crippen LogP) is 0.315. The molecule has 0 aliphatic rings. The van der Waals surface area contributed by atoms with Gasteiger partial charge in [0.1, 0.15) is 13.5 Å². The lowest BCUT2D eigenvalue weighted by Crippen LogP contribution is -2.14. The molecule has 0 aromatic carbocycles. The molecule has 0 aliphatic heterocycles. The highest BCUT2D eigenvalue weighted by Gasteiger charge is 2.07. The summed E-state index contributed by atoms with van der Waals surface area (Å²) in [6, 6.07) is 2.84. The van der Waals surface area contributed by atoms with Crippen molar-refractivity contribution in [3.8, 4) is 0 Å². The minimum atomic E-state index is -0.552. The molecule has 1 aromatic heterocycles. The first-order valence-corrected chi connectivity index (χ1v) is 3.52. The first-order chi connectivity index (χ1) is 5.63. The Morgan fingerprint density at radius 1 is 1.67 bits per heavy atom. The number of carbonyl (C=O) groups excluding carboxylic acids is 1. The van der Waals surface area contributed by atoms with Gasteiger partial charge in [-0.25, -0.2) is 4.79 Å². The molecule has 60 valence electrons. The molecular weight excluding hydrogens is 176 g/mol. The van der Waals surface area contributed by atoms with Crippen LogP contribution in [0.4, 0.5) is 0 Å². The van der Waals surface area contributed by atoms with E-state index >= 15 is 0 Å². The summed E-state index contributed by atoms with van der Waals surface area (Å²) in [6.07, 6.45) is 0. The fourth-order valence-electron chi connectivity index (χ4n) is 0.726. The summed E-state index contributed by atoms with van der Waals surface area (Å²) in [7, 11) is 6.61. The van der Waals surface area contributed by atoms with Crippen LogP contribution in [0.25, 0.3) is 0 Å². The summed E-state index contributed by atoms with van der Waals surface area (Å²) in [5.41, 5.74) is 0.311. The first-order valence-electron chi connectivity index (χ1n) is 3.15. The molecular formula is C7H5BClNO2. The van der Waals surface area contributed by atoms with E-state index in [1.807, 2.05) is 0 Å². The molecule has 0 saturated heterocycles. The maximum absolute atomic E-state index is 10.9. The predicted molar refractivity (Wildman–Crippen MR) is 46.0 cm³/mol. The molecule has 0 aliphatic carbocycles. The normalized spacial score (nSPS) is 9.50. The maximum atomic E-state index is 10.9. The number of rotatable bonds is 1. The lowest BCUT2D eigenvalue weighted by atomic mass is 10.0. The smallest absolute Gasteiger partial charge is 0.356 e. The highest BCUT2D eigenvalue weighted by Crippen LogP contribution is 2.06. The van der Waals surface area contributed by atoms with Gasteiger partial charge in [-0.3, -0.25) is 4.98 Å². The number of aromatic nitrogens is 1. The van der Waals surface area contributed by atoms with Crippen LogP contribution in [-0.2, 0) is 4.74 Å². The Labute approximate surface area is 76.1 Å². The first kappa shape index (κ1) is 9.07. The van der Waals surface area contributed by atoms with Crippen molar-refractivity contribution in [1.29, 1.82) is 0 Å². The molecule has 0 bridgehead atoms. The molecule has 0 amide bonds. The van der Waals surface area contributed by atoms with Gasteiger partial charge >= 0.3 is 5.97 Å². The largest absolute Gasteiger partial charge is 0.464 e. The third kappa shape index (κ3) is 1.98. The van der Waals surface area contributed by atoms with E-state index in [4.69, 9.17) is 19.4 Å². The molecule has 0 fully saturated rings. The van der Waals surface area contributed by atoms with Crippen molar-refractivity contribution in [3.63, 3.8) is 0 Å². The van der Waals surface area contributed by atoms with E-state index < -0.39 is 5.97 Å². The van der Waals surface area contributed by atoms with Crippen molar-refractivity contribution in [2.24, 2.45) is 0 Å². The standard InChI is InChI=1S/C7H5BClNO2/c1-12-7(11)5-2-4(9)3-6(8)10-5/h2-3H,1H3. The minimum Gasteiger partial charge on any atom is -0.464 e. The number of pyridine rings is 1. The molecule has 0 saturated carbocycles. The van der Waals surface area contributed by atoms with Crippen LogP contribution in [-0.4, -0.2) is 25.9 Å². The van der Waals surface area contributed by atoms with Crippen molar-refractivity contribution in [1.82, 2.24) is 4.98 Å². The highest BCUT2D eigenvalue weighted by molar-refractivity contribution is 6.35. The van der Waals surface area contributed by atoms with Gasteiger partial charge in [-0.15, -0.1) is 0 Å². The second kappa shape index (κ2) is 3.58. The fourth-order valence-corrected chi connectivity index (χ4v) is 0.941. The Bertz CT molecular complexity index is 296. The molecule has 5 heteroatoms. The Balaban J connectivity index is 3.08. The van der Waals surface area contributed by atoms with Crippen LogP contribution in [0.15, 0.2) is 12.1 Å². The van der Waals surface area contributed by atoms with Crippen LogP contribution in [0.2, 0.25) is 5.02 Å². The van der Waals surface area contributed by atoms with E-state index in [1.165, 1.54) is 19.2 Å². The van der Waals surface area contributed by atoms with Gasteiger partial charge in [0.25, 0.3) is 0 Å². The zero-order valence-corrected chi connectivity index (χ0v) is 7.13. The number of methoxy groups -OCH3 is 1. The average molecular weight is 181 g/mol. The molecule has 3 nitrogen and oxygen atoms in total. The minimum absolute atomic E-state index is 0.113. The Hall–Kier alpha value is -1.03. The van der Waals surface area contributed by atoms with Gasteiger partial charge in [0.05, 0.1) is 7.11 Å². The Morgan fingerprint density at radius 2 is 2.33 bits per heavy atom. The number of esters is 1. The van der Waals surface area contributed by atoms with Crippen LogP contribution >= 0.6 is 11.6 Å². The molecule has 12 heavy (non-hydrogen) atoms. The van der Waals surface area contributed by atoms with Crippen LogP contribution in [0, 0.1) is 0 Å². The summed E-state index contributed by atoms with van der Waals surface area (Å²) in [4.78, 5) is 14.6. The van der Waals surface area contributed by atoms with E-state index in [0.29, 0.717) is 5.02 Å². The molecule has 1 heterocycles. The molecule has 0 unspecified atom stereocenters. The number of ether oxygens (including phenoxy) is 1. The molecule has 0 N–H and O–H groups in total. The highest BCUT2D eigenvalue weighted by atomic mass is 35.5. The molecule has 1 rings (SSSR count). The monoisotopic (exact) mass is 181 g/mol. The van der Waals surface area contributed by atoms with E-state index in [2.05, 4.69) is 9.72 Å². The lowest BCUT2D eigenvalue weighted by molar-refractivity contribution is 0.0594. The molecule has 0 spiro atoms. The average Bonchev–Trinajstić information content (AvgIpc) is 2.01. The van der Waals surface area contributed by atoms with Gasteiger partial charge in [-0.05, 0) is 17.7 Å². The zero-order valence-electron chi connectivity index (χ0n) is 6.37. The second-order valence-electron chi connectivity index (χ2n) is 2.09. The number of carbonyl (C=O) groups is 1. The van der Waals surface area contributed by atoms with Gasteiger partial charge in [0.2, 0.25) is 0 Å². The van der Waals surface area contributed by atoms with E-state index in [9.17, 15) is 4.79 Å². The van der Waals surface area contributed by atoms with E-state index in [-0.39, 0.29) is 11.3 Å². The van der Waals surface area contributed by atoms with Crippen molar-refractivity contribution in [2.75, 3.05) is 7.11 Å². The third-order valence-corrected chi connectivity index (χ3v) is 1.42. The van der Waals surface area contributed by atoms with Crippen LogP contribution in [0.1, 0.15) is 10.5 Å². The van der Waals surface area contributed by atoms with Crippen LogP contribution < -0.4 is 5.59 Å². The summed E-state index contributed by atoms with van der Waals surface area (Å²) < 4.78 is 4.43. The zero-order chi connectivity index (χ0) is 9.14. The van der Waals surface area contributed by atoms with Gasteiger partial charge in [0.15, 0.2) is 0 Å². The van der Waals surface area contributed by atoms with Gasteiger partial charge in [-0.1, -0.05) is 11.6 Å². The van der Waals surface area contributed by atoms with E-state index in [0.717, 1.165) is 0 Å². The Morgan fingerprint density at radius 3 is 2.83 bits per heavy atom. The van der Waals surface area contributed by atoms with Gasteiger partial charge in [-0.2, -0.15) is 0 Å². The summed E-state index contributed by atoms with van der Waals surface area (Å²) in [5, 5.41) is 0.364.